The summed E-state index contributed by atoms with van der Waals surface area (Å²) in [4.78, 5) is 15.9. The maximum atomic E-state index is 11.3. The molecule has 1 heterocycles. The van der Waals surface area contributed by atoms with E-state index in [0.717, 1.165) is 10.7 Å². The van der Waals surface area contributed by atoms with Gasteiger partial charge in [-0.15, -0.1) is 11.3 Å². The Kier molecular flexibility index (Phi) is 5.94. The van der Waals surface area contributed by atoms with Crippen LogP contribution in [0.3, 0.4) is 0 Å². The molecule has 1 unspecified atom stereocenters. The van der Waals surface area contributed by atoms with Gasteiger partial charge < -0.3 is 9.47 Å². The van der Waals surface area contributed by atoms with Crippen LogP contribution in [-0.4, -0.2) is 24.7 Å². The summed E-state index contributed by atoms with van der Waals surface area (Å²) >= 11 is 1.59. The Morgan fingerprint density at radius 2 is 2.16 bits per heavy atom. The van der Waals surface area contributed by atoms with Crippen molar-refractivity contribution in [3.8, 4) is 0 Å². The first kappa shape index (κ1) is 16.1. The van der Waals surface area contributed by atoms with Crippen molar-refractivity contribution in [3.63, 3.8) is 0 Å². The fourth-order valence-electron chi connectivity index (χ4n) is 1.85. The smallest absolute Gasteiger partial charge is 0.306 e. The van der Waals surface area contributed by atoms with Gasteiger partial charge in [-0.1, -0.05) is 20.8 Å². The molecular formula is C14H23NO3S. The largest absolute Gasteiger partial charge is 0.466 e. The molecule has 108 valence electrons. The van der Waals surface area contributed by atoms with E-state index in [1.807, 2.05) is 12.3 Å². The second-order valence-corrected chi connectivity index (χ2v) is 6.35. The number of methoxy groups -OCH3 is 1. The molecule has 0 saturated carbocycles. The predicted octanol–water partition coefficient (Wildman–Crippen LogP) is 3.37. The highest BCUT2D eigenvalue weighted by Crippen LogP contribution is 2.36. The zero-order chi connectivity index (χ0) is 14.5. The summed E-state index contributed by atoms with van der Waals surface area (Å²) in [6, 6.07) is 0. The van der Waals surface area contributed by atoms with Gasteiger partial charge in [0.2, 0.25) is 0 Å². The van der Waals surface area contributed by atoms with E-state index in [4.69, 9.17) is 9.47 Å². The Bertz CT molecular complexity index is 409. The van der Waals surface area contributed by atoms with Crippen molar-refractivity contribution in [1.29, 1.82) is 0 Å². The number of nitrogens with zero attached hydrogens (tertiary/aromatic N) is 1. The van der Waals surface area contributed by atoms with Crippen LogP contribution in [-0.2, 0) is 20.7 Å². The van der Waals surface area contributed by atoms with Gasteiger partial charge in [-0.05, 0) is 12.3 Å². The molecule has 0 radical (unpaired) electrons. The lowest BCUT2D eigenvalue weighted by atomic mass is 9.89. The average molecular weight is 285 g/mol. The van der Waals surface area contributed by atoms with Crippen molar-refractivity contribution < 1.29 is 14.3 Å². The summed E-state index contributed by atoms with van der Waals surface area (Å²) in [5.74, 6) is -0.170. The molecule has 0 N–H and O–H groups in total. The number of hydrogen-bond acceptors (Lipinski definition) is 5. The summed E-state index contributed by atoms with van der Waals surface area (Å²) in [5, 5.41) is 2.96. The maximum Gasteiger partial charge on any atom is 0.306 e. The highest BCUT2D eigenvalue weighted by atomic mass is 32.1. The van der Waals surface area contributed by atoms with Crippen LogP contribution in [0.4, 0.5) is 0 Å². The first-order valence-electron chi connectivity index (χ1n) is 6.51. The highest BCUT2D eigenvalue weighted by Gasteiger charge is 2.28. The van der Waals surface area contributed by atoms with Crippen LogP contribution in [0.2, 0.25) is 0 Å². The van der Waals surface area contributed by atoms with Gasteiger partial charge in [-0.3, -0.25) is 4.79 Å². The summed E-state index contributed by atoms with van der Waals surface area (Å²) < 4.78 is 10.4. The minimum Gasteiger partial charge on any atom is -0.466 e. The molecule has 1 atom stereocenters. The van der Waals surface area contributed by atoms with E-state index in [1.54, 1.807) is 18.4 Å². The number of ether oxygens (including phenoxy) is 2. The second kappa shape index (κ2) is 7.01. The minimum absolute atomic E-state index is 0.00497. The summed E-state index contributed by atoms with van der Waals surface area (Å²) in [6.45, 7) is 8.62. The topological polar surface area (TPSA) is 48.4 Å². The molecule has 19 heavy (non-hydrogen) atoms. The van der Waals surface area contributed by atoms with Crippen LogP contribution in [0.1, 0.15) is 50.9 Å². The van der Waals surface area contributed by atoms with Gasteiger partial charge in [-0.25, -0.2) is 4.98 Å². The number of esters is 1. The molecule has 1 aromatic rings. The van der Waals surface area contributed by atoms with E-state index < -0.39 is 0 Å². The van der Waals surface area contributed by atoms with Crippen LogP contribution < -0.4 is 0 Å². The lowest BCUT2D eigenvalue weighted by Crippen LogP contribution is -2.20. The molecule has 1 aromatic heterocycles. The molecule has 0 aliphatic heterocycles. The van der Waals surface area contributed by atoms with Crippen molar-refractivity contribution in [2.75, 3.05) is 13.7 Å². The molecule has 0 spiro atoms. The standard InChI is InChI=1S/C14H23NO3S/c1-6-18-11(16)8-7-10-9-19-13(15-10)12(17-5)14(2,3)4/h9,12H,6-8H2,1-5H3. The monoisotopic (exact) mass is 285 g/mol. The number of aryl methyl sites for hydroxylation is 1. The molecule has 0 saturated heterocycles. The number of carbonyl (C=O) groups excluding carboxylic acids is 1. The Morgan fingerprint density at radius 1 is 1.47 bits per heavy atom. The predicted molar refractivity (Wildman–Crippen MR) is 76.3 cm³/mol. The van der Waals surface area contributed by atoms with Gasteiger partial charge in [0.05, 0.1) is 18.7 Å². The van der Waals surface area contributed by atoms with Crippen molar-refractivity contribution in [1.82, 2.24) is 4.98 Å². The first-order valence-corrected chi connectivity index (χ1v) is 7.39. The van der Waals surface area contributed by atoms with Crippen LogP contribution in [0, 0.1) is 5.41 Å². The van der Waals surface area contributed by atoms with Gasteiger partial charge in [0, 0.05) is 18.9 Å². The van der Waals surface area contributed by atoms with Gasteiger partial charge >= 0.3 is 5.97 Å². The molecule has 0 fully saturated rings. The summed E-state index contributed by atoms with van der Waals surface area (Å²) in [6.07, 6.45) is 0.981. The maximum absolute atomic E-state index is 11.3. The molecule has 1 rings (SSSR count). The van der Waals surface area contributed by atoms with Crippen LogP contribution in [0.15, 0.2) is 5.38 Å². The van der Waals surface area contributed by atoms with E-state index in [2.05, 4.69) is 25.8 Å². The molecule has 5 heteroatoms. The van der Waals surface area contributed by atoms with E-state index in [1.165, 1.54) is 0 Å². The minimum atomic E-state index is -0.170. The van der Waals surface area contributed by atoms with Crippen LogP contribution in [0.25, 0.3) is 0 Å². The third kappa shape index (κ3) is 4.91. The zero-order valence-corrected chi connectivity index (χ0v) is 13.2. The molecule has 0 aromatic carbocycles. The van der Waals surface area contributed by atoms with Crippen molar-refractivity contribution >= 4 is 17.3 Å². The quantitative estimate of drug-likeness (QED) is 0.752. The van der Waals surface area contributed by atoms with E-state index in [0.29, 0.717) is 19.4 Å². The van der Waals surface area contributed by atoms with Crippen LogP contribution >= 0.6 is 11.3 Å². The van der Waals surface area contributed by atoms with Crippen molar-refractivity contribution in [2.45, 2.75) is 46.6 Å². The Morgan fingerprint density at radius 3 is 2.68 bits per heavy atom. The zero-order valence-electron chi connectivity index (χ0n) is 12.4. The van der Waals surface area contributed by atoms with E-state index in [-0.39, 0.29) is 17.5 Å². The van der Waals surface area contributed by atoms with Crippen molar-refractivity contribution in [3.05, 3.63) is 16.1 Å². The lowest BCUT2D eigenvalue weighted by molar-refractivity contribution is -0.143. The third-order valence-corrected chi connectivity index (χ3v) is 3.64. The molecular weight excluding hydrogens is 262 g/mol. The summed E-state index contributed by atoms with van der Waals surface area (Å²) in [7, 11) is 1.70. The van der Waals surface area contributed by atoms with Gasteiger partial charge in [-0.2, -0.15) is 0 Å². The SMILES string of the molecule is CCOC(=O)CCc1csc(C(OC)C(C)(C)C)n1. The Balaban J connectivity index is 2.64. The van der Waals surface area contributed by atoms with Gasteiger partial charge in [0.25, 0.3) is 0 Å². The fourth-order valence-corrected chi connectivity index (χ4v) is 3.02. The van der Waals surface area contributed by atoms with E-state index in [9.17, 15) is 4.79 Å². The first-order chi connectivity index (χ1) is 8.88. The molecule has 0 aliphatic carbocycles. The molecule has 0 bridgehead atoms. The second-order valence-electron chi connectivity index (χ2n) is 5.46. The normalized spacial score (nSPS) is 13.3. The van der Waals surface area contributed by atoms with Gasteiger partial charge in [0.1, 0.15) is 11.1 Å². The number of hydrogen-bond donors (Lipinski definition) is 0. The lowest BCUT2D eigenvalue weighted by Gasteiger charge is -2.27. The third-order valence-electron chi connectivity index (χ3n) is 2.71. The molecule has 0 aliphatic rings. The Hall–Kier alpha value is -0.940. The fraction of sp³-hybridized carbons (Fsp3) is 0.714. The average Bonchev–Trinajstić information content (AvgIpc) is 2.74. The highest BCUT2D eigenvalue weighted by molar-refractivity contribution is 7.09. The number of carbonyl (C=O) groups is 1. The van der Waals surface area contributed by atoms with Gasteiger partial charge in [0.15, 0.2) is 0 Å². The number of rotatable bonds is 6. The molecule has 0 amide bonds. The van der Waals surface area contributed by atoms with Crippen LogP contribution in [0.5, 0.6) is 0 Å². The Labute approximate surface area is 119 Å². The van der Waals surface area contributed by atoms with Crippen molar-refractivity contribution in [2.24, 2.45) is 5.41 Å². The number of thiazole rings is 1. The molecule has 4 nitrogen and oxygen atoms in total. The number of aromatic nitrogens is 1. The van der Waals surface area contributed by atoms with E-state index >= 15 is 0 Å². The summed E-state index contributed by atoms with van der Waals surface area (Å²) in [5.41, 5.74) is 0.935.